The lowest BCUT2D eigenvalue weighted by Crippen LogP contribution is -2.49. The predicted molar refractivity (Wildman–Crippen MR) is 75.7 cm³/mol. The van der Waals surface area contributed by atoms with Gasteiger partial charge < -0.3 is 9.90 Å². The molecule has 7 heteroatoms. The van der Waals surface area contributed by atoms with Crippen LogP contribution in [0.25, 0.3) is 0 Å². The van der Waals surface area contributed by atoms with Gasteiger partial charge in [0.1, 0.15) is 10.7 Å². The maximum Gasteiger partial charge on any atom is 0.244 e. The Hall–Kier alpha value is -2.25. The lowest BCUT2D eigenvalue weighted by molar-refractivity contribution is -0.307. The molecule has 2 rings (SSSR count). The number of halogens is 1. The van der Waals surface area contributed by atoms with E-state index >= 15 is 0 Å². The van der Waals surface area contributed by atoms with E-state index in [1.165, 1.54) is 12.1 Å². The summed E-state index contributed by atoms with van der Waals surface area (Å²) in [5.41, 5.74) is 0.618. The van der Waals surface area contributed by atoms with Crippen molar-refractivity contribution in [2.75, 3.05) is 0 Å². The van der Waals surface area contributed by atoms with Gasteiger partial charge >= 0.3 is 0 Å². The molecule has 0 saturated heterocycles. The monoisotopic (exact) mass is 322 g/mol. The number of sulfonamides is 1. The van der Waals surface area contributed by atoms with Gasteiger partial charge in [0.05, 0.1) is 12.0 Å². The van der Waals surface area contributed by atoms with Crippen LogP contribution in [-0.4, -0.2) is 20.4 Å². The van der Waals surface area contributed by atoms with Crippen LogP contribution in [0.4, 0.5) is 4.39 Å². The van der Waals surface area contributed by atoms with Crippen LogP contribution in [0.5, 0.6) is 0 Å². The second kappa shape index (κ2) is 6.67. The molecule has 0 aromatic heterocycles. The molecule has 0 fully saturated rings. The van der Waals surface area contributed by atoms with Crippen molar-refractivity contribution in [3.63, 3.8) is 0 Å². The number of rotatable bonds is 6. The number of nitrogens with one attached hydrogen (secondary N) is 1. The second-order valence-corrected chi connectivity index (χ2v) is 6.30. The Balaban J connectivity index is 2.24. The number of carbonyl (C=O) groups excluding carboxylic acids is 1. The van der Waals surface area contributed by atoms with Gasteiger partial charge in [0, 0.05) is 0 Å². The zero-order valence-corrected chi connectivity index (χ0v) is 12.2. The van der Waals surface area contributed by atoms with Crippen molar-refractivity contribution in [3.8, 4) is 0 Å². The lowest BCUT2D eigenvalue weighted by Gasteiger charge is -2.20. The summed E-state index contributed by atoms with van der Waals surface area (Å²) in [5.74, 6) is -2.53. The summed E-state index contributed by atoms with van der Waals surface area (Å²) < 4.78 is 39.8. The van der Waals surface area contributed by atoms with Crippen molar-refractivity contribution in [1.29, 1.82) is 0 Å². The Labute approximate surface area is 127 Å². The van der Waals surface area contributed by atoms with E-state index in [1.54, 1.807) is 30.3 Å². The van der Waals surface area contributed by atoms with Gasteiger partial charge in [0.25, 0.3) is 0 Å². The fourth-order valence-electron chi connectivity index (χ4n) is 1.94. The maximum atomic E-state index is 13.6. The third-order valence-corrected chi connectivity index (χ3v) is 4.50. The van der Waals surface area contributed by atoms with Crippen LogP contribution in [-0.2, 0) is 21.2 Å². The number of hydrogen-bond acceptors (Lipinski definition) is 4. The molecule has 2 aromatic carbocycles. The summed E-state index contributed by atoms with van der Waals surface area (Å²) in [6.45, 7) is 0. The number of carbonyl (C=O) groups is 1. The summed E-state index contributed by atoms with van der Waals surface area (Å²) in [6.07, 6.45) is -0.100. The van der Waals surface area contributed by atoms with E-state index in [0.717, 1.165) is 12.1 Å². The van der Waals surface area contributed by atoms with E-state index in [-0.39, 0.29) is 6.42 Å². The van der Waals surface area contributed by atoms with Gasteiger partial charge in [-0.2, -0.15) is 0 Å². The van der Waals surface area contributed by atoms with E-state index in [0.29, 0.717) is 5.56 Å². The van der Waals surface area contributed by atoms with Crippen LogP contribution in [0.3, 0.4) is 0 Å². The van der Waals surface area contributed by atoms with Crippen LogP contribution < -0.4 is 9.83 Å². The molecule has 116 valence electrons. The third kappa shape index (κ3) is 3.90. The molecule has 0 aliphatic heterocycles. The molecule has 22 heavy (non-hydrogen) atoms. The van der Waals surface area contributed by atoms with Gasteiger partial charge in [-0.05, 0) is 24.1 Å². The predicted octanol–water partition coefficient (Wildman–Crippen LogP) is 0.465. The largest absolute Gasteiger partial charge is 0.548 e. The Morgan fingerprint density at radius 2 is 1.68 bits per heavy atom. The standard InChI is InChI=1S/C15H14FNO4S/c16-12-8-4-5-9-14(12)22(20,21)17-13(15(18)19)10-11-6-2-1-3-7-11/h1-9,13,17H,10H2,(H,18,19)/p-1/t13-/m0/s1. The highest BCUT2D eigenvalue weighted by Gasteiger charge is 2.23. The SMILES string of the molecule is O=C([O-])[C@H](Cc1ccccc1)NS(=O)(=O)c1ccccc1F. The first kappa shape index (κ1) is 16.1. The minimum atomic E-state index is -4.30. The molecule has 0 unspecified atom stereocenters. The van der Waals surface area contributed by atoms with Crippen molar-refractivity contribution in [3.05, 3.63) is 66.0 Å². The molecule has 0 bridgehead atoms. The summed E-state index contributed by atoms with van der Waals surface area (Å²) in [4.78, 5) is 10.6. The summed E-state index contributed by atoms with van der Waals surface area (Å²) in [7, 11) is -4.30. The number of carboxylic acid groups (broad SMARTS) is 1. The summed E-state index contributed by atoms with van der Waals surface area (Å²) in [5, 5.41) is 11.2. The second-order valence-electron chi connectivity index (χ2n) is 4.61. The summed E-state index contributed by atoms with van der Waals surface area (Å²) >= 11 is 0. The number of carboxylic acids is 1. The van der Waals surface area contributed by atoms with Gasteiger partial charge in [0.2, 0.25) is 10.0 Å². The lowest BCUT2D eigenvalue weighted by atomic mass is 10.1. The zero-order chi connectivity index (χ0) is 16.2. The first-order valence-corrected chi connectivity index (χ1v) is 7.90. The van der Waals surface area contributed by atoms with E-state index in [9.17, 15) is 22.7 Å². The maximum absolute atomic E-state index is 13.6. The van der Waals surface area contributed by atoms with Crippen LogP contribution in [0.15, 0.2) is 59.5 Å². The number of benzene rings is 2. The molecule has 1 N–H and O–H groups in total. The van der Waals surface area contributed by atoms with E-state index in [1.807, 2.05) is 4.72 Å². The van der Waals surface area contributed by atoms with Gasteiger partial charge in [0.15, 0.2) is 0 Å². The van der Waals surface area contributed by atoms with Crippen LogP contribution in [0.1, 0.15) is 5.56 Å². The molecular weight excluding hydrogens is 309 g/mol. The molecule has 0 amide bonds. The Morgan fingerprint density at radius 1 is 1.09 bits per heavy atom. The molecular formula is C15H13FNO4S-. The van der Waals surface area contributed by atoms with Crippen LogP contribution in [0.2, 0.25) is 0 Å². The fourth-order valence-corrected chi connectivity index (χ4v) is 3.20. The molecule has 0 radical (unpaired) electrons. The zero-order valence-electron chi connectivity index (χ0n) is 11.4. The van der Waals surface area contributed by atoms with Gasteiger partial charge in [-0.15, -0.1) is 0 Å². The van der Waals surface area contributed by atoms with Crippen molar-refractivity contribution < 1.29 is 22.7 Å². The molecule has 0 aliphatic rings. The van der Waals surface area contributed by atoms with Crippen molar-refractivity contribution in [2.45, 2.75) is 17.4 Å². The van der Waals surface area contributed by atoms with Crippen molar-refractivity contribution in [2.24, 2.45) is 0 Å². The first-order valence-electron chi connectivity index (χ1n) is 6.42. The topological polar surface area (TPSA) is 86.3 Å². The molecule has 1 atom stereocenters. The minimum Gasteiger partial charge on any atom is -0.548 e. The van der Waals surface area contributed by atoms with Gasteiger partial charge in [-0.3, -0.25) is 0 Å². The van der Waals surface area contributed by atoms with Crippen LogP contribution >= 0.6 is 0 Å². The number of hydrogen-bond donors (Lipinski definition) is 1. The van der Waals surface area contributed by atoms with E-state index in [2.05, 4.69) is 0 Å². The highest BCUT2D eigenvalue weighted by molar-refractivity contribution is 7.89. The average molecular weight is 322 g/mol. The van der Waals surface area contributed by atoms with Crippen LogP contribution in [0, 0.1) is 5.82 Å². The normalized spacial score (nSPS) is 12.8. The highest BCUT2D eigenvalue weighted by atomic mass is 32.2. The minimum absolute atomic E-state index is 0.100. The Kier molecular flexibility index (Phi) is 4.89. The molecule has 5 nitrogen and oxygen atoms in total. The molecule has 0 saturated carbocycles. The highest BCUT2D eigenvalue weighted by Crippen LogP contribution is 2.14. The smallest absolute Gasteiger partial charge is 0.244 e. The molecule has 0 aliphatic carbocycles. The average Bonchev–Trinajstić information content (AvgIpc) is 2.47. The first-order chi connectivity index (χ1) is 10.4. The number of aliphatic carboxylic acids is 1. The molecule has 0 heterocycles. The Morgan fingerprint density at radius 3 is 2.27 bits per heavy atom. The quantitative estimate of drug-likeness (QED) is 0.837. The molecule has 2 aromatic rings. The summed E-state index contributed by atoms with van der Waals surface area (Å²) in [6, 6.07) is 11.7. The van der Waals surface area contributed by atoms with E-state index in [4.69, 9.17) is 0 Å². The van der Waals surface area contributed by atoms with Crippen molar-refractivity contribution >= 4 is 16.0 Å². The van der Waals surface area contributed by atoms with E-state index < -0.39 is 32.7 Å². The van der Waals surface area contributed by atoms with Gasteiger partial charge in [-0.1, -0.05) is 42.5 Å². The van der Waals surface area contributed by atoms with Crippen molar-refractivity contribution in [1.82, 2.24) is 4.72 Å². The fraction of sp³-hybridized carbons (Fsp3) is 0.133. The van der Waals surface area contributed by atoms with Gasteiger partial charge in [-0.25, -0.2) is 17.5 Å². The Bertz CT molecular complexity index is 762. The third-order valence-electron chi connectivity index (χ3n) is 2.99. The molecule has 0 spiro atoms.